The minimum Gasteiger partial charge on any atom is -0.346 e. The highest BCUT2D eigenvalue weighted by molar-refractivity contribution is 5.89. The van der Waals surface area contributed by atoms with Crippen molar-refractivity contribution >= 4 is 11.0 Å². The average molecular weight is 310 g/mol. The highest BCUT2D eigenvalue weighted by Crippen LogP contribution is 2.36. The molecule has 1 saturated carbocycles. The number of aromatic amines is 1. The number of hydrogen-bond donors (Lipinski definition) is 1. The van der Waals surface area contributed by atoms with Gasteiger partial charge in [0.25, 0.3) is 0 Å². The first-order valence-corrected chi connectivity index (χ1v) is 7.57. The fourth-order valence-corrected chi connectivity index (χ4v) is 3.07. The van der Waals surface area contributed by atoms with E-state index < -0.39 is 18.3 Å². The van der Waals surface area contributed by atoms with Crippen molar-refractivity contribution in [2.24, 2.45) is 5.89 Å². The lowest BCUT2D eigenvalue weighted by molar-refractivity contribution is 0.315. The van der Waals surface area contributed by atoms with Crippen LogP contribution in [0.4, 0.5) is 0 Å². The summed E-state index contributed by atoms with van der Waals surface area (Å²) in [5, 5.41) is 14.4. The minimum atomic E-state index is -2.59. The molecule has 0 unspecified atom stereocenters. The maximum atomic E-state index is 9.41. The van der Waals surface area contributed by atoms with Gasteiger partial charge < -0.3 is 4.98 Å². The summed E-state index contributed by atoms with van der Waals surface area (Å²) in [5.74, 6) is -1.44. The molecular formula is C17H18N6. The van der Waals surface area contributed by atoms with E-state index in [1.54, 1.807) is 12.3 Å². The summed E-state index contributed by atoms with van der Waals surface area (Å²) < 4.78 is 35.2. The molecule has 23 heavy (non-hydrogen) atoms. The first-order valence-electron chi connectivity index (χ1n) is 9.57. The Bertz CT molecular complexity index is 1030. The van der Waals surface area contributed by atoms with E-state index in [1.807, 2.05) is 6.07 Å². The molecule has 3 aromatic rings. The van der Waals surface area contributed by atoms with Crippen LogP contribution in [-0.4, -0.2) is 24.7 Å². The number of nitrogens with zero attached hydrogens (tertiary/aromatic N) is 5. The van der Waals surface area contributed by atoms with Gasteiger partial charge in [-0.15, -0.1) is 0 Å². The molecule has 1 atom stereocenters. The van der Waals surface area contributed by atoms with Gasteiger partial charge in [-0.3, -0.25) is 4.68 Å². The fraction of sp³-hybridized carbons (Fsp3) is 0.412. The fourth-order valence-electron chi connectivity index (χ4n) is 3.07. The SMILES string of the molecule is [2H]C([2H])(C#N)[C@]([2H])(n1cc(-c2ncnc3[nH]ccc23)cn1)C1([2H])CCCC1. The van der Waals surface area contributed by atoms with Crippen LogP contribution < -0.4 is 0 Å². The van der Waals surface area contributed by atoms with Gasteiger partial charge in [-0.05, 0) is 24.8 Å². The normalized spacial score (nSPS) is 22.6. The monoisotopic (exact) mass is 310 g/mol. The van der Waals surface area contributed by atoms with Crippen LogP contribution in [0.1, 0.15) is 43.6 Å². The smallest absolute Gasteiger partial charge is 0.141 e. The number of nitriles is 1. The molecule has 0 radical (unpaired) electrons. The van der Waals surface area contributed by atoms with Crippen LogP contribution in [0.15, 0.2) is 31.0 Å². The molecular weight excluding hydrogens is 288 g/mol. The van der Waals surface area contributed by atoms with Gasteiger partial charge in [0.1, 0.15) is 12.0 Å². The second kappa shape index (κ2) is 5.84. The zero-order valence-corrected chi connectivity index (χ0v) is 12.5. The first kappa shape index (κ1) is 10.2. The van der Waals surface area contributed by atoms with Gasteiger partial charge >= 0.3 is 0 Å². The van der Waals surface area contributed by atoms with E-state index in [2.05, 4.69) is 20.1 Å². The van der Waals surface area contributed by atoms with E-state index in [1.165, 1.54) is 18.7 Å². The number of hydrogen-bond acceptors (Lipinski definition) is 4. The minimum absolute atomic E-state index is 0.350. The van der Waals surface area contributed by atoms with Crippen molar-refractivity contribution in [3.05, 3.63) is 31.0 Å². The Morgan fingerprint density at radius 3 is 3.22 bits per heavy atom. The molecule has 0 aliphatic heterocycles. The Hall–Kier alpha value is -2.68. The second-order valence-electron chi connectivity index (χ2n) is 5.53. The highest BCUT2D eigenvalue weighted by Gasteiger charge is 2.27. The van der Waals surface area contributed by atoms with E-state index in [9.17, 15) is 5.26 Å². The first-order chi connectivity index (χ1) is 12.8. The van der Waals surface area contributed by atoms with Crippen LogP contribution in [0.5, 0.6) is 0 Å². The lowest BCUT2D eigenvalue weighted by atomic mass is 9.96. The molecule has 1 N–H and O–H groups in total. The molecule has 0 bridgehead atoms. The lowest BCUT2D eigenvalue weighted by Crippen LogP contribution is -2.17. The third-order valence-electron chi connectivity index (χ3n) is 4.16. The number of fused-ring (bicyclic) bond motifs is 1. The Balaban J connectivity index is 1.86. The summed E-state index contributed by atoms with van der Waals surface area (Å²) in [6.07, 6.45) is 5.73. The molecule has 6 nitrogen and oxygen atoms in total. The highest BCUT2D eigenvalue weighted by atomic mass is 15.3. The van der Waals surface area contributed by atoms with E-state index in [0.29, 0.717) is 29.7 Å². The van der Waals surface area contributed by atoms with Crippen molar-refractivity contribution in [2.45, 2.75) is 38.1 Å². The van der Waals surface area contributed by atoms with Gasteiger partial charge in [0.15, 0.2) is 0 Å². The van der Waals surface area contributed by atoms with Gasteiger partial charge in [-0.25, -0.2) is 9.97 Å². The standard InChI is InChI=1S/C17H18N6/c18-7-5-15(12-3-1-2-4-12)23-10-13(9-22-23)16-14-6-8-19-17(14)21-11-20-16/h6,8-12,15H,1-5H2,(H,19,20,21)/t15-/m0/s1/i5D2,12D,15D. The number of rotatable bonds is 4. The predicted octanol–water partition coefficient (Wildman–Crippen LogP) is 3.47. The molecule has 0 saturated heterocycles. The van der Waals surface area contributed by atoms with Gasteiger partial charge in [-0.2, -0.15) is 10.4 Å². The molecule has 0 spiro atoms. The molecule has 3 heterocycles. The third kappa shape index (κ3) is 2.48. The van der Waals surface area contributed by atoms with E-state index >= 15 is 0 Å². The maximum absolute atomic E-state index is 9.41. The number of nitrogens with one attached hydrogen (secondary N) is 1. The van der Waals surface area contributed by atoms with Crippen molar-refractivity contribution in [3.63, 3.8) is 0 Å². The van der Waals surface area contributed by atoms with Crippen LogP contribution >= 0.6 is 0 Å². The third-order valence-corrected chi connectivity index (χ3v) is 4.16. The van der Waals surface area contributed by atoms with Crippen molar-refractivity contribution in [3.8, 4) is 17.3 Å². The van der Waals surface area contributed by atoms with Crippen LogP contribution in [0.2, 0.25) is 0 Å². The van der Waals surface area contributed by atoms with Crippen LogP contribution in [0.3, 0.4) is 0 Å². The largest absolute Gasteiger partial charge is 0.346 e. The summed E-state index contributed by atoms with van der Waals surface area (Å²) >= 11 is 0. The molecule has 0 aromatic carbocycles. The van der Waals surface area contributed by atoms with Crippen LogP contribution in [0, 0.1) is 17.2 Å². The summed E-state index contributed by atoms with van der Waals surface area (Å²) in [5.41, 5.74) is 1.83. The van der Waals surface area contributed by atoms with Crippen molar-refractivity contribution in [1.82, 2.24) is 24.7 Å². The van der Waals surface area contributed by atoms with Gasteiger partial charge in [-0.1, -0.05) is 12.8 Å². The Labute approximate surface area is 139 Å². The summed E-state index contributed by atoms with van der Waals surface area (Å²) in [6.45, 7) is 0. The Kier molecular flexibility index (Phi) is 2.58. The van der Waals surface area contributed by atoms with Crippen molar-refractivity contribution in [1.29, 1.82) is 5.26 Å². The van der Waals surface area contributed by atoms with Crippen molar-refractivity contribution < 1.29 is 5.48 Å². The molecule has 1 aliphatic carbocycles. The Morgan fingerprint density at radius 1 is 1.52 bits per heavy atom. The average Bonchev–Trinajstić information content (AvgIpc) is 3.40. The molecule has 116 valence electrons. The number of aromatic nitrogens is 5. The quantitative estimate of drug-likeness (QED) is 0.799. The lowest BCUT2D eigenvalue weighted by Gasteiger charge is -2.21. The zero-order chi connectivity index (χ0) is 19.3. The molecule has 4 rings (SSSR count). The van der Waals surface area contributed by atoms with Crippen LogP contribution in [-0.2, 0) is 0 Å². The van der Waals surface area contributed by atoms with Crippen LogP contribution in [0.25, 0.3) is 22.3 Å². The predicted molar refractivity (Wildman–Crippen MR) is 86.3 cm³/mol. The Morgan fingerprint density at radius 2 is 2.39 bits per heavy atom. The summed E-state index contributed by atoms with van der Waals surface area (Å²) in [6, 6.07) is 1.25. The summed E-state index contributed by atoms with van der Waals surface area (Å²) in [4.78, 5) is 11.4. The van der Waals surface area contributed by atoms with Gasteiger partial charge in [0, 0.05) is 27.5 Å². The summed E-state index contributed by atoms with van der Waals surface area (Å²) in [7, 11) is 0. The maximum Gasteiger partial charge on any atom is 0.141 e. The van der Waals surface area contributed by atoms with E-state index in [0.717, 1.165) is 22.9 Å². The topological polar surface area (TPSA) is 83.2 Å². The second-order valence-corrected chi connectivity index (χ2v) is 5.53. The molecule has 0 amide bonds. The van der Waals surface area contributed by atoms with Gasteiger partial charge in [0.2, 0.25) is 0 Å². The molecule has 1 aliphatic rings. The molecule has 3 aromatic heterocycles. The van der Waals surface area contributed by atoms with E-state index in [-0.39, 0.29) is 0 Å². The van der Waals surface area contributed by atoms with E-state index in [4.69, 9.17) is 5.48 Å². The van der Waals surface area contributed by atoms with Gasteiger partial charge in [0.05, 0.1) is 31.7 Å². The van der Waals surface area contributed by atoms with Crippen molar-refractivity contribution in [2.75, 3.05) is 0 Å². The molecule has 6 heteroatoms. The molecule has 1 fully saturated rings. The number of H-pyrrole nitrogens is 1. The zero-order valence-electron chi connectivity index (χ0n) is 16.5.